The predicted molar refractivity (Wildman–Crippen MR) is 98.2 cm³/mol. The third-order valence-electron chi connectivity index (χ3n) is 3.89. The van der Waals surface area contributed by atoms with Gasteiger partial charge in [-0.2, -0.15) is 0 Å². The molecule has 0 bridgehead atoms. The van der Waals surface area contributed by atoms with Gasteiger partial charge < -0.3 is 14.4 Å². The molecule has 140 valence electrons. The van der Waals surface area contributed by atoms with E-state index in [1.54, 1.807) is 0 Å². The van der Waals surface area contributed by atoms with Gasteiger partial charge in [0.25, 0.3) is 0 Å². The number of rotatable bonds is 12. The van der Waals surface area contributed by atoms with Crippen LogP contribution in [0.5, 0.6) is 0 Å². The summed E-state index contributed by atoms with van der Waals surface area (Å²) in [6.45, 7) is 2.72. The monoisotopic (exact) mass is 349 g/mol. The van der Waals surface area contributed by atoms with Crippen molar-refractivity contribution in [1.29, 1.82) is 0 Å². The lowest BCUT2D eigenvalue weighted by molar-refractivity contribution is -0.144. The third-order valence-corrected chi connectivity index (χ3v) is 3.89. The number of nitrogens with zero attached hydrogens (tertiary/aromatic N) is 1. The van der Waals surface area contributed by atoms with Gasteiger partial charge in [-0.05, 0) is 12.0 Å². The number of esters is 1. The van der Waals surface area contributed by atoms with E-state index in [-0.39, 0.29) is 13.2 Å². The number of ether oxygens (including phenoxy) is 2. The smallest absolute Gasteiger partial charge is 0.410 e. The molecular formula is C20H31NO4. The lowest BCUT2D eigenvalue weighted by Crippen LogP contribution is -2.33. The van der Waals surface area contributed by atoms with Crippen LogP contribution in [-0.2, 0) is 20.9 Å². The maximum absolute atomic E-state index is 11.8. The van der Waals surface area contributed by atoms with Gasteiger partial charge in [-0.3, -0.25) is 4.79 Å². The van der Waals surface area contributed by atoms with E-state index in [1.165, 1.54) is 44.1 Å². The van der Waals surface area contributed by atoms with E-state index < -0.39 is 12.1 Å². The molecule has 0 saturated carbocycles. The summed E-state index contributed by atoms with van der Waals surface area (Å²) < 4.78 is 10.3. The fourth-order valence-electron chi connectivity index (χ4n) is 2.38. The zero-order chi connectivity index (χ0) is 18.3. The molecular weight excluding hydrogens is 318 g/mol. The topological polar surface area (TPSA) is 55.8 Å². The number of hydrogen-bond donors (Lipinski definition) is 0. The van der Waals surface area contributed by atoms with E-state index in [0.717, 1.165) is 18.4 Å². The first-order valence-corrected chi connectivity index (χ1v) is 9.21. The molecule has 0 aliphatic rings. The predicted octanol–water partition coefficient (Wildman–Crippen LogP) is 4.55. The number of carbonyl (C=O) groups excluding carboxylic acids is 2. The summed E-state index contributed by atoms with van der Waals surface area (Å²) in [7, 11) is 1.53. The highest BCUT2D eigenvalue weighted by Gasteiger charge is 2.15. The first-order chi connectivity index (χ1) is 12.1. The van der Waals surface area contributed by atoms with Crippen molar-refractivity contribution in [1.82, 2.24) is 4.90 Å². The fourth-order valence-corrected chi connectivity index (χ4v) is 2.38. The lowest BCUT2D eigenvalue weighted by atomic mass is 10.1. The summed E-state index contributed by atoms with van der Waals surface area (Å²) in [6.07, 6.45) is 7.68. The SMILES string of the molecule is CCCCCCCCCOC(=O)CN(C)C(=O)OCc1ccccc1. The minimum atomic E-state index is -0.531. The molecule has 0 aliphatic heterocycles. The van der Waals surface area contributed by atoms with Crippen molar-refractivity contribution >= 4 is 12.1 Å². The van der Waals surface area contributed by atoms with Gasteiger partial charge in [0.2, 0.25) is 0 Å². The second-order valence-corrected chi connectivity index (χ2v) is 6.24. The van der Waals surface area contributed by atoms with E-state index in [4.69, 9.17) is 9.47 Å². The maximum atomic E-state index is 11.8. The highest BCUT2D eigenvalue weighted by atomic mass is 16.6. The molecule has 5 heteroatoms. The van der Waals surface area contributed by atoms with Gasteiger partial charge in [-0.25, -0.2) is 4.79 Å². The summed E-state index contributed by atoms with van der Waals surface area (Å²) in [5.41, 5.74) is 0.908. The molecule has 0 saturated heterocycles. The minimum Gasteiger partial charge on any atom is -0.464 e. The van der Waals surface area contributed by atoms with Crippen LogP contribution in [-0.4, -0.2) is 37.2 Å². The standard InChI is InChI=1S/C20H31NO4/c1-3-4-5-6-7-8-12-15-24-19(22)16-21(2)20(23)25-17-18-13-10-9-11-14-18/h9-11,13-14H,3-8,12,15-17H2,1-2H3. The van der Waals surface area contributed by atoms with E-state index in [1.807, 2.05) is 30.3 Å². The van der Waals surface area contributed by atoms with E-state index >= 15 is 0 Å². The van der Waals surface area contributed by atoms with Crippen LogP contribution in [0.3, 0.4) is 0 Å². The Hall–Kier alpha value is -2.04. The molecule has 0 N–H and O–H groups in total. The molecule has 1 amide bonds. The fraction of sp³-hybridized carbons (Fsp3) is 0.600. The number of hydrogen-bond acceptors (Lipinski definition) is 4. The Morgan fingerprint density at radius 1 is 0.920 bits per heavy atom. The molecule has 0 radical (unpaired) electrons. The van der Waals surface area contributed by atoms with Crippen LogP contribution in [0.4, 0.5) is 4.79 Å². The van der Waals surface area contributed by atoms with E-state index in [0.29, 0.717) is 6.61 Å². The molecule has 0 aromatic heterocycles. The Kier molecular flexibility index (Phi) is 11.2. The molecule has 0 spiro atoms. The molecule has 1 aromatic carbocycles. The van der Waals surface area contributed by atoms with Crippen LogP contribution in [0, 0.1) is 0 Å². The van der Waals surface area contributed by atoms with Crippen molar-refractivity contribution in [2.45, 2.75) is 58.5 Å². The molecule has 0 unspecified atom stereocenters. The molecule has 25 heavy (non-hydrogen) atoms. The number of unbranched alkanes of at least 4 members (excludes halogenated alkanes) is 6. The first kappa shape index (κ1) is 21.0. The van der Waals surface area contributed by atoms with Gasteiger partial charge in [0.05, 0.1) is 6.61 Å². The van der Waals surface area contributed by atoms with Crippen molar-refractivity contribution in [3.63, 3.8) is 0 Å². The molecule has 5 nitrogen and oxygen atoms in total. The summed E-state index contributed by atoms with van der Waals surface area (Å²) >= 11 is 0. The molecule has 1 rings (SSSR count). The average Bonchev–Trinajstić information content (AvgIpc) is 2.62. The largest absolute Gasteiger partial charge is 0.464 e. The molecule has 0 fully saturated rings. The van der Waals surface area contributed by atoms with Crippen LogP contribution >= 0.6 is 0 Å². The van der Waals surface area contributed by atoms with Crippen molar-refractivity contribution in [3.05, 3.63) is 35.9 Å². The van der Waals surface area contributed by atoms with Crippen LogP contribution < -0.4 is 0 Å². The third kappa shape index (κ3) is 10.4. The zero-order valence-electron chi connectivity index (χ0n) is 15.5. The summed E-state index contributed by atoms with van der Waals surface area (Å²) in [6, 6.07) is 9.42. The lowest BCUT2D eigenvalue weighted by Gasteiger charge is -2.16. The molecule has 1 aromatic rings. The summed E-state index contributed by atoms with van der Waals surface area (Å²) in [4.78, 5) is 24.8. The molecule has 0 heterocycles. The Bertz CT molecular complexity index is 490. The van der Waals surface area contributed by atoms with Crippen molar-refractivity contribution in [2.75, 3.05) is 20.2 Å². The van der Waals surface area contributed by atoms with Gasteiger partial charge in [-0.1, -0.05) is 75.8 Å². The summed E-state index contributed by atoms with van der Waals surface area (Å²) in [5.74, 6) is -0.398. The highest BCUT2D eigenvalue weighted by molar-refractivity contribution is 5.77. The normalized spacial score (nSPS) is 10.3. The van der Waals surface area contributed by atoms with Crippen LogP contribution in [0.15, 0.2) is 30.3 Å². The Morgan fingerprint density at radius 2 is 1.56 bits per heavy atom. The van der Waals surface area contributed by atoms with Crippen molar-refractivity contribution in [2.24, 2.45) is 0 Å². The van der Waals surface area contributed by atoms with Gasteiger partial charge in [0, 0.05) is 7.05 Å². The number of amides is 1. The maximum Gasteiger partial charge on any atom is 0.410 e. The Morgan fingerprint density at radius 3 is 2.24 bits per heavy atom. The average molecular weight is 349 g/mol. The Labute approximate surface area is 151 Å². The van der Waals surface area contributed by atoms with Gasteiger partial charge >= 0.3 is 12.1 Å². The second-order valence-electron chi connectivity index (χ2n) is 6.24. The van der Waals surface area contributed by atoms with Crippen molar-refractivity contribution in [3.8, 4) is 0 Å². The minimum absolute atomic E-state index is 0.0931. The van der Waals surface area contributed by atoms with Crippen LogP contribution in [0.2, 0.25) is 0 Å². The number of benzene rings is 1. The van der Waals surface area contributed by atoms with Crippen molar-refractivity contribution < 1.29 is 19.1 Å². The van der Waals surface area contributed by atoms with Crippen LogP contribution in [0.1, 0.15) is 57.4 Å². The molecule has 0 atom stereocenters. The van der Waals surface area contributed by atoms with Crippen LogP contribution in [0.25, 0.3) is 0 Å². The highest BCUT2D eigenvalue weighted by Crippen LogP contribution is 2.07. The van der Waals surface area contributed by atoms with Gasteiger partial charge in [0.1, 0.15) is 13.2 Å². The quantitative estimate of drug-likeness (QED) is 0.410. The summed E-state index contributed by atoms with van der Waals surface area (Å²) in [5, 5.41) is 0. The van der Waals surface area contributed by atoms with E-state index in [9.17, 15) is 9.59 Å². The first-order valence-electron chi connectivity index (χ1n) is 9.21. The number of carbonyl (C=O) groups is 2. The van der Waals surface area contributed by atoms with E-state index in [2.05, 4.69) is 6.92 Å². The van der Waals surface area contributed by atoms with Gasteiger partial charge in [0.15, 0.2) is 0 Å². The number of likely N-dealkylation sites (N-methyl/N-ethyl adjacent to an activating group) is 1. The van der Waals surface area contributed by atoms with Gasteiger partial charge in [-0.15, -0.1) is 0 Å². The Balaban J connectivity index is 2.07. The second kappa shape index (κ2) is 13.3. The zero-order valence-corrected chi connectivity index (χ0v) is 15.5. The molecule has 0 aliphatic carbocycles.